The van der Waals surface area contributed by atoms with Gasteiger partial charge in [-0.1, -0.05) is 66.7 Å². The molecule has 152 valence electrons. The predicted octanol–water partition coefficient (Wildman–Crippen LogP) is 3.59. The van der Waals surface area contributed by atoms with Gasteiger partial charge in [-0.15, -0.1) is 0 Å². The number of piperidine rings is 1. The van der Waals surface area contributed by atoms with Crippen LogP contribution < -0.4 is 0 Å². The SMILES string of the molecule is CN1[C@@H]2CC[C@H]1CC(OC(=O)C(O)c1ccccc1)C2.OO.c1ccccc1. The normalized spacial score (nSPS) is 24.1. The zero-order valence-corrected chi connectivity index (χ0v) is 16.1. The summed E-state index contributed by atoms with van der Waals surface area (Å²) in [7, 11) is 2.15. The van der Waals surface area contributed by atoms with Crippen molar-refractivity contribution in [2.45, 2.75) is 50.0 Å². The molecule has 28 heavy (non-hydrogen) atoms. The lowest BCUT2D eigenvalue weighted by Gasteiger charge is -2.36. The minimum atomic E-state index is -1.17. The molecule has 2 aromatic rings. The minimum Gasteiger partial charge on any atom is -0.460 e. The molecule has 2 aliphatic heterocycles. The monoisotopic (exact) mass is 387 g/mol. The number of nitrogens with zero attached hydrogens (tertiary/aromatic N) is 1. The Bertz CT molecular complexity index is 641. The van der Waals surface area contributed by atoms with Crippen molar-refractivity contribution in [1.82, 2.24) is 4.90 Å². The summed E-state index contributed by atoms with van der Waals surface area (Å²) < 4.78 is 5.52. The molecule has 6 heteroatoms. The fourth-order valence-electron chi connectivity index (χ4n) is 3.84. The maximum atomic E-state index is 12.0. The van der Waals surface area contributed by atoms with Gasteiger partial charge in [-0.25, -0.2) is 4.79 Å². The van der Waals surface area contributed by atoms with Crippen LogP contribution in [0.2, 0.25) is 0 Å². The van der Waals surface area contributed by atoms with Gasteiger partial charge in [0.15, 0.2) is 6.10 Å². The molecule has 2 fully saturated rings. The highest BCUT2D eigenvalue weighted by Gasteiger charge is 2.40. The van der Waals surface area contributed by atoms with E-state index in [0.29, 0.717) is 17.6 Å². The van der Waals surface area contributed by atoms with E-state index in [2.05, 4.69) is 11.9 Å². The van der Waals surface area contributed by atoms with Crippen molar-refractivity contribution in [3.8, 4) is 0 Å². The zero-order valence-electron chi connectivity index (χ0n) is 16.1. The van der Waals surface area contributed by atoms with Crippen LogP contribution in [0.25, 0.3) is 0 Å². The van der Waals surface area contributed by atoms with Crippen LogP contribution >= 0.6 is 0 Å². The van der Waals surface area contributed by atoms with E-state index in [0.717, 1.165) is 12.8 Å². The van der Waals surface area contributed by atoms with E-state index in [1.165, 1.54) is 12.8 Å². The van der Waals surface area contributed by atoms with Crippen LogP contribution in [0.3, 0.4) is 0 Å². The molecule has 4 atom stereocenters. The van der Waals surface area contributed by atoms with Crippen molar-refractivity contribution in [2.24, 2.45) is 0 Å². The summed E-state index contributed by atoms with van der Waals surface area (Å²) in [5, 5.41) is 22.0. The molecule has 0 aromatic heterocycles. The first-order valence-electron chi connectivity index (χ1n) is 9.50. The maximum Gasteiger partial charge on any atom is 0.339 e. The number of ether oxygens (including phenoxy) is 1. The number of fused-ring (bicyclic) bond motifs is 2. The Kier molecular flexibility index (Phi) is 9.10. The van der Waals surface area contributed by atoms with Gasteiger partial charge in [0, 0.05) is 12.1 Å². The Hall–Kier alpha value is -2.25. The second-order valence-corrected chi connectivity index (χ2v) is 7.05. The number of rotatable bonds is 3. The number of hydrogen-bond donors (Lipinski definition) is 3. The van der Waals surface area contributed by atoms with E-state index in [4.69, 9.17) is 15.3 Å². The lowest BCUT2D eigenvalue weighted by atomic mass is 10.0. The molecule has 6 nitrogen and oxygen atoms in total. The van der Waals surface area contributed by atoms with Crippen molar-refractivity contribution in [1.29, 1.82) is 0 Å². The van der Waals surface area contributed by atoms with Gasteiger partial charge in [-0.2, -0.15) is 0 Å². The molecule has 0 amide bonds. The van der Waals surface area contributed by atoms with E-state index < -0.39 is 12.1 Å². The quantitative estimate of drug-likeness (QED) is 0.424. The lowest BCUT2D eigenvalue weighted by Crippen LogP contribution is -2.43. The third kappa shape index (κ3) is 6.14. The third-order valence-corrected chi connectivity index (χ3v) is 5.34. The highest BCUT2D eigenvalue weighted by molar-refractivity contribution is 5.76. The number of benzene rings is 2. The number of esters is 1. The van der Waals surface area contributed by atoms with Gasteiger partial charge in [0.1, 0.15) is 6.10 Å². The molecule has 3 N–H and O–H groups in total. The average molecular weight is 387 g/mol. The van der Waals surface area contributed by atoms with Crippen molar-refractivity contribution in [2.75, 3.05) is 7.05 Å². The van der Waals surface area contributed by atoms with Crippen LogP contribution in [0.15, 0.2) is 66.7 Å². The smallest absolute Gasteiger partial charge is 0.339 e. The molecule has 2 aliphatic rings. The van der Waals surface area contributed by atoms with Crippen LogP contribution in [-0.2, 0) is 9.53 Å². The average Bonchev–Trinajstić information content (AvgIpc) is 2.97. The summed E-state index contributed by atoms with van der Waals surface area (Å²) in [5.41, 5.74) is 0.591. The Morgan fingerprint density at radius 1 is 0.929 bits per heavy atom. The van der Waals surface area contributed by atoms with Crippen LogP contribution in [0.4, 0.5) is 0 Å². The Labute approximate surface area is 165 Å². The second-order valence-electron chi connectivity index (χ2n) is 7.05. The largest absolute Gasteiger partial charge is 0.460 e. The molecule has 0 saturated carbocycles. The van der Waals surface area contributed by atoms with E-state index >= 15 is 0 Å². The third-order valence-electron chi connectivity index (χ3n) is 5.34. The molecule has 4 rings (SSSR count). The predicted molar refractivity (Wildman–Crippen MR) is 107 cm³/mol. The summed E-state index contributed by atoms with van der Waals surface area (Å²) in [6.45, 7) is 0. The molecule has 2 heterocycles. The van der Waals surface area contributed by atoms with Crippen LogP contribution in [-0.4, -0.2) is 51.7 Å². The molecule has 0 radical (unpaired) electrons. The fraction of sp³-hybridized carbons (Fsp3) is 0.409. The number of carbonyl (C=O) groups is 1. The van der Waals surface area contributed by atoms with Gasteiger partial charge in [0.2, 0.25) is 0 Å². The van der Waals surface area contributed by atoms with Gasteiger partial charge in [0.25, 0.3) is 0 Å². The topological polar surface area (TPSA) is 90.2 Å². The molecule has 2 bridgehead atoms. The molecule has 0 spiro atoms. The van der Waals surface area contributed by atoms with Gasteiger partial charge in [-0.05, 0) is 38.3 Å². The maximum absolute atomic E-state index is 12.0. The molecule has 2 aromatic carbocycles. The highest BCUT2D eigenvalue weighted by atomic mass is 17.0. The van der Waals surface area contributed by atoms with Crippen molar-refractivity contribution in [3.63, 3.8) is 0 Å². The highest BCUT2D eigenvalue weighted by Crippen LogP contribution is 2.35. The number of aliphatic hydroxyl groups excluding tert-OH is 1. The Morgan fingerprint density at radius 3 is 1.82 bits per heavy atom. The number of carbonyl (C=O) groups excluding carboxylic acids is 1. The first-order valence-corrected chi connectivity index (χ1v) is 9.50. The van der Waals surface area contributed by atoms with Crippen molar-refractivity contribution in [3.05, 3.63) is 72.3 Å². The van der Waals surface area contributed by atoms with E-state index in [1.807, 2.05) is 54.6 Å². The first kappa shape index (κ1) is 22.0. The van der Waals surface area contributed by atoms with Gasteiger partial charge in [-0.3, -0.25) is 10.5 Å². The standard InChI is InChI=1S/C16H21NO3.C6H6.H2O2/c1-17-12-7-8-13(17)10-14(9-12)20-16(19)15(18)11-5-3-2-4-6-11;1-2-4-6-5-3-1;1-2/h2-6,12-15,18H,7-10H2,1H3;1-6H;1-2H/t12-,13+,14?,15?;;. The summed E-state index contributed by atoms with van der Waals surface area (Å²) in [4.78, 5) is 14.4. The summed E-state index contributed by atoms with van der Waals surface area (Å²) in [5.74, 6) is -0.523. The molecule has 2 saturated heterocycles. The van der Waals surface area contributed by atoms with Gasteiger partial charge >= 0.3 is 5.97 Å². The van der Waals surface area contributed by atoms with Gasteiger partial charge < -0.3 is 14.7 Å². The van der Waals surface area contributed by atoms with E-state index in [9.17, 15) is 9.90 Å². The number of hydrogen-bond acceptors (Lipinski definition) is 6. The zero-order chi connectivity index (χ0) is 20.4. The van der Waals surface area contributed by atoms with Crippen LogP contribution in [0, 0.1) is 0 Å². The summed E-state index contributed by atoms with van der Waals surface area (Å²) >= 11 is 0. The Morgan fingerprint density at radius 2 is 1.36 bits per heavy atom. The van der Waals surface area contributed by atoms with Crippen LogP contribution in [0.1, 0.15) is 37.4 Å². The molecule has 0 aliphatic carbocycles. The Balaban J connectivity index is 0.000000296. The van der Waals surface area contributed by atoms with E-state index in [1.54, 1.807) is 12.1 Å². The lowest BCUT2D eigenvalue weighted by molar-refractivity contribution is -0.176. The summed E-state index contributed by atoms with van der Waals surface area (Å²) in [6, 6.07) is 22.0. The van der Waals surface area contributed by atoms with Crippen molar-refractivity contribution >= 4 is 5.97 Å². The second kappa shape index (κ2) is 11.6. The van der Waals surface area contributed by atoms with E-state index in [-0.39, 0.29) is 6.10 Å². The minimum absolute atomic E-state index is 0.0467. The molecular weight excluding hydrogens is 358 g/mol. The van der Waals surface area contributed by atoms with Gasteiger partial charge in [0.05, 0.1) is 0 Å². The number of aliphatic hydroxyl groups is 1. The fourth-order valence-corrected chi connectivity index (χ4v) is 3.84. The molecular formula is C22H29NO5. The summed E-state index contributed by atoms with van der Waals surface area (Å²) in [6.07, 6.45) is 2.94. The van der Waals surface area contributed by atoms with Crippen molar-refractivity contribution < 1.29 is 25.2 Å². The molecule has 2 unspecified atom stereocenters. The first-order chi connectivity index (χ1) is 13.6. The van der Waals surface area contributed by atoms with Crippen LogP contribution in [0.5, 0.6) is 0 Å².